The van der Waals surface area contributed by atoms with E-state index in [1.54, 1.807) is 13.8 Å². The van der Waals surface area contributed by atoms with Gasteiger partial charge in [-0.25, -0.2) is 0 Å². The zero-order chi connectivity index (χ0) is 12.9. The lowest BCUT2D eigenvalue weighted by molar-refractivity contribution is -0.132. The molecule has 0 fully saturated rings. The summed E-state index contributed by atoms with van der Waals surface area (Å²) < 4.78 is 21.3. The molecule has 0 aromatic heterocycles. The van der Waals surface area contributed by atoms with Crippen molar-refractivity contribution in [1.29, 1.82) is 0 Å². The van der Waals surface area contributed by atoms with Crippen molar-refractivity contribution < 1.29 is 23.5 Å². The molecule has 0 aliphatic carbocycles. The maximum Gasteiger partial charge on any atom is 0.360 e. The van der Waals surface area contributed by atoms with E-state index in [4.69, 9.17) is 0 Å². The van der Waals surface area contributed by atoms with Crippen LogP contribution < -0.4 is 0 Å². The Morgan fingerprint density at radius 3 is 2.12 bits per heavy atom. The highest BCUT2D eigenvalue weighted by atomic mass is 31.2. The first kappa shape index (κ1) is 15.6. The van der Waals surface area contributed by atoms with Gasteiger partial charge in [-0.15, -0.1) is 0 Å². The molecule has 0 bridgehead atoms. The predicted molar refractivity (Wildman–Crippen MR) is 60.2 cm³/mol. The smallest absolute Gasteiger partial charge is 0.360 e. The molecule has 16 heavy (non-hydrogen) atoms. The summed E-state index contributed by atoms with van der Waals surface area (Å²) in [5, 5.41) is 9.88. The van der Waals surface area contributed by atoms with Gasteiger partial charge in [-0.3, -0.25) is 9.36 Å². The second-order valence-corrected chi connectivity index (χ2v) is 5.70. The molecule has 0 aliphatic heterocycles. The average molecular weight is 253 g/mol. The summed E-state index contributed by atoms with van der Waals surface area (Å²) in [7, 11) is -1.18. The third-order valence-corrected chi connectivity index (χ3v) is 4.60. The summed E-state index contributed by atoms with van der Waals surface area (Å²) in [6.45, 7) is 5.17. The molecule has 0 aromatic rings. The van der Waals surface area contributed by atoms with Crippen molar-refractivity contribution in [3.05, 3.63) is 0 Å². The van der Waals surface area contributed by atoms with E-state index in [9.17, 15) is 14.5 Å². The van der Waals surface area contributed by atoms with Crippen LogP contribution in [0.5, 0.6) is 0 Å². The number of amides is 1. The Kier molecular flexibility index (Phi) is 6.18. The van der Waals surface area contributed by atoms with Gasteiger partial charge in [0, 0.05) is 27.7 Å². The number of aliphatic hydroxyl groups excluding tert-OH is 1. The van der Waals surface area contributed by atoms with Crippen molar-refractivity contribution in [1.82, 2.24) is 4.90 Å². The summed E-state index contributed by atoms with van der Waals surface area (Å²) >= 11 is 0. The van der Waals surface area contributed by atoms with Gasteiger partial charge in [-0.05, 0) is 13.8 Å². The monoisotopic (exact) mass is 253 g/mol. The third-order valence-electron chi connectivity index (χ3n) is 2.50. The van der Waals surface area contributed by atoms with E-state index in [1.807, 2.05) is 0 Å². The number of hydrogen-bond donors (Lipinski definition) is 1. The highest BCUT2D eigenvalue weighted by molar-refractivity contribution is 7.54. The van der Waals surface area contributed by atoms with E-state index in [1.165, 1.54) is 26.0 Å². The number of rotatable bonds is 6. The fraction of sp³-hybridized carbons (Fsp3) is 0.889. The highest BCUT2D eigenvalue weighted by Gasteiger charge is 2.39. The lowest BCUT2D eigenvalue weighted by Crippen LogP contribution is -2.44. The Hall–Kier alpha value is -0.420. The zero-order valence-corrected chi connectivity index (χ0v) is 11.2. The minimum absolute atomic E-state index is 0.201. The van der Waals surface area contributed by atoms with Gasteiger partial charge in [0.2, 0.25) is 5.91 Å². The molecule has 1 amide bonds. The molecule has 0 radical (unpaired) electrons. The van der Waals surface area contributed by atoms with Gasteiger partial charge >= 0.3 is 7.60 Å². The van der Waals surface area contributed by atoms with Gasteiger partial charge in [0.05, 0.1) is 6.04 Å². The Bertz CT molecular complexity index is 275. The van der Waals surface area contributed by atoms with Crippen LogP contribution >= 0.6 is 7.60 Å². The Morgan fingerprint density at radius 2 is 1.88 bits per heavy atom. The largest absolute Gasteiger partial charge is 0.379 e. The first-order valence-electron chi connectivity index (χ1n) is 5.00. The van der Waals surface area contributed by atoms with Crippen molar-refractivity contribution in [2.45, 2.75) is 32.7 Å². The van der Waals surface area contributed by atoms with Crippen LogP contribution in [-0.4, -0.2) is 48.6 Å². The predicted octanol–water partition coefficient (Wildman–Crippen LogP) is 1.05. The second-order valence-electron chi connectivity index (χ2n) is 3.36. The fourth-order valence-corrected chi connectivity index (χ4v) is 2.78. The zero-order valence-electron chi connectivity index (χ0n) is 10.3. The standard InChI is InChI=1S/C9H20NO5P/c1-6-10(8(3)11)7(2)9(12)16(13,14-4)15-5/h7,9,12H,6H2,1-5H3/t7-,9?/m0/s1. The third kappa shape index (κ3) is 3.28. The maximum absolute atomic E-state index is 11.9. The van der Waals surface area contributed by atoms with Crippen molar-refractivity contribution in [3.63, 3.8) is 0 Å². The first-order chi connectivity index (χ1) is 7.33. The van der Waals surface area contributed by atoms with E-state index in [-0.39, 0.29) is 5.91 Å². The summed E-state index contributed by atoms with van der Waals surface area (Å²) in [6.07, 6.45) is 0. The van der Waals surface area contributed by atoms with Crippen LogP contribution in [0.2, 0.25) is 0 Å². The molecule has 0 rings (SSSR count). The Labute approximate surface area is 96.1 Å². The van der Waals surface area contributed by atoms with Crippen LogP contribution in [-0.2, 0) is 18.4 Å². The number of aliphatic hydroxyl groups is 1. The van der Waals surface area contributed by atoms with Crippen LogP contribution in [0.15, 0.2) is 0 Å². The van der Waals surface area contributed by atoms with Crippen LogP contribution in [0.1, 0.15) is 20.8 Å². The number of carbonyl (C=O) groups excluding carboxylic acids is 1. The van der Waals surface area contributed by atoms with Crippen molar-refractivity contribution >= 4 is 13.5 Å². The summed E-state index contributed by atoms with van der Waals surface area (Å²) in [6, 6.07) is -0.631. The van der Waals surface area contributed by atoms with E-state index in [2.05, 4.69) is 9.05 Å². The van der Waals surface area contributed by atoms with Crippen molar-refractivity contribution in [2.24, 2.45) is 0 Å². The fourth-order valence-electron chi connectivity index (χ4n) is 1.51. The van der Waals surface area contributed by atoms with Gasteiger partial charge in [-0.1, -0.05) is 0 Å². The molecule has 0 aromatic carbocycles. The van der Waals surface area contributed by atoms with Gasteiger partial charge in [0.15, 0.2) is 5.85 Å². The topological polar surface area (TPSA) is 76.1 Å². The summed E-state index contributed by atoms with van der Waals surface area (Å²) in [5.41, 5.74) is 0. The minimum Gasteiger partial charge on any atom is -0.379 e. The van der Waals surface area contributed by atoms with Gasteiger partial charge in [0.25, 0.3) is 0 Å². The number of nitrogens with zero attached hydrogens (tertiary/aromatic N) is 1. The SMILES string of the molecule is CCN(C(C)=O)[C@@H](C)C(O)P(=O)(OC)OC. The number of likely N-dealkylation sites (N-methyl/N-ethyl adjacent to an activating group) is 1. The molecule has 1 unspecified atom stereocenters. The highest BCUT2D eigenvalue weighted by Crippen LogP contribution is 2.52. The molecule has 2 atom stereocenters. The van der Waals surface area contributed by atoms with Gasteiger partial charge in [-0.2, -0.15) is 0 Å². The lowest BCUT2D eigenvalue weighted by Gasteiger charge is -2.32. The van der Waals surface area contributed by atoms with Crippen LogP contribution in [0, 0.1) is 0 Å². The van der Waals surface area contributed by atoms with E-state index in [0.717, 1.165) is 0 Å². The quantitative estimate of drug-likeness (QED) is 0.716. The summed E-state index contributed by atoms with van der Waals surface area (Å²) in [4.78, 5) is 12.7. The minimum atomic E-state index is -3.57. The molecular weight excluding hydrogens is 233 g/mol. The molecular formula is C9H20NO5P. The molecule has 6 nitrogen and oxygen atoms in total. The normalized spacial score (nSPS) is 15.6. The number of carbonyl (C=O) groups is 1. The Balaban J connectivity index is 4.90. The molecule has 0 spiro atoms. The van der Waals surface area contributed by atoms with E-state index < -0.39 is 19.5 Å². The molecule has 96 valence electrons. The molecule has 0 aliphatic rings. The van der Waals surface area contributed by atoms with Crippen LogP contribution in [0.4, 0.5) is 0 Å². The van der Waals surface area contributed by atoms with Crippen LogP contribution in [0.3, 0.4) is 0 Å². The van der Waals surface area contributed by atoms with Gasteiger partial charge < -0.3 is 19.1 Å². The molecule has 0 saturated heterocycles. The summed E-state index contributed by atoms with van der Waals surface area (Å²) in [5.74, 6) is -1.56. The van der Waals surface area contributed by atoms with Crippen molar-refractivity contribution in [3.8, 4) is 0 Å². The second kappa shape index (κ2) is 6.35. The molecule has 0 saturated carbocycles. The molecule has 1 N–H and O–H groups in total. The maximum atomic E-state index is 11.9. The molecule has 7 heteroatoms. The van der Waals surface area contributed by atoms with Crippen molar-refractivity contribution in [2.75, 3.05) is 20.8 Å². The number of hydrogen-bond acceptors (Lipinski definition) is 5. The first-order valence-corrected chi connectivity index (χ1v) is 6.61. The van der Waals surface area contributed by atoms with E-state index >= 15 is 0 Å². The lowest BCUT2D eigenvalue weighted by atomic mass is 10.3. The Morgan fingerprint density at radius 1 is 1.44 bits per heavy atom. The van der Waals surface area contributed by atoms with Crippen LogP contribution in [0.25, 0.3) is 0 Å². The molecule has 0 heterocycles. The van der Waals surface area contributed by atoms with E-state index in [0.29, 0.717) is 6.54 Å². The van der Waals surface area contributed by atoms with Gasteiger partial charge in [0.1, 0.15) is 0 Å². The average Bonchev–Trinajstić information content (AvgIpc) is 2.27.